The van der Waals surface area contributed by atoms with E-state index in [-0.39, 0.29) is 28.6 Å². The molecular formula is C32H29N3O4. The van der Waals surface area contributed by atoms with E-state index in [1.54, 1.807) is 34.9 Å². The molecule has 1 aromatic heterocycles. The summed E-state index contributed by atoms with van der Waals surface area (Å²) >= 11 is 0. The molecule has 0 saturated heterocycles. The number of aromatic carboxylic acids is 1. The first-order valence-electron chi connectivity index (χ1n) is 12.7. The fraction of sp³-hybridized carbons (Fsp3) is 0.156. The number of fused-ring (bicyclic) bond motifs is 1. The van der Waals surface area contributed by atoms with Gasteiger partial charge in [0.15, 0.2) is 11.4 Å². The van der Waals surface area contributed by atoms with E-state index >= 15 is 0 Å². The highest BCUT2D eigenvalue weighted by Crippen LogP contribution is 2.44. The number of para-hydroxylation sites is 1. The van der Waals surface area contributed by atoms with Gasteiger partial charge in [0.05, 0.1) is 11.1 Å². The Hall–Kier alpha value is -4.91. The van der Waals surface area contributed by atoms with Crippen molar-refractivity contribution in [3.05, 3.63) is 101 Å². The van der Waals surface area contributed by atoms with Crippen LogP contribution in [0.25, 0.3) is 27.7 Å². The average Bonchev–Trinajstić information content (AvgIpc) is 3.20. The van der Waals surface area contributed by atoms with Crippen LogP contribution in [0.3, 0.4) is 0 Å². The van der Waals surface area contributed by atoms with E-state index in [1.165, 1.54) is 12.1 Å². The molecule has 0 amide bonds. The van der Waals surface area contributed by atoms with Gasteiger partial charge in [0.25, 0.3) is 0 Å². The molecular weight excluding hydrogens is 490 g/mol. The average molecular weight is 520 g/mol. The van der Waals surface area contributed by atoms with Crippen LogP contribution in [0, 0.1) is 13.8 Å². The molecule has 39 heavy (non-hydrogen) atoms. The second kappa shape index (κ2) is 10.1. The minimum Gasteiger partial charge on any atom is -0.505 e. The lowest BCUT2D eigenvalue weighted by molar-refractivity contribution is 0.0697. The molecule has 5 aromatic rings. The summed E-state index contributed by atoms with van der Waals surface area (Å²) in [5.74, 6) is -0.946. The highest BCUT2D eigenvalue weighted by molar-refractivity contribution is 5.97. The molecule has 5 rings (SSSR count). The van der Waals surface area contributed by atoms with Gasteiger partial charge in [-0.25, -0.2) is 4.79 Å². The monoisotopic (exact) mass is 519 g/mol. The van der Waals surface area contributed by atoms with Gasteiger partial charge in [-0.2, -0.15) is 0 Å². The quantitative estimate of drug-likeness (QED) is 0.195. The van der Waals surface area contributed by atoms with Gasteiger partial charge in [0.1, 0.15) is 5.69 Å². The smallest absolute Gasteiger partial charge is 0.335 e. The molecule has 0 fully saturated rings. The van der Waals surface area contributed by atoms with E-state index in [4.69, 9.17) is 0 Å². The SMILES string of the molecule is Cc1ccc(-n2c(O)c(N=Nc3cccc(-c4cccc(C(=O)O)c4)c3O)c3ccc(C(C)C)cc32)cc1C. The van der Waals surface area contributed by atoms with Crippen molar-refractivity contribution in [2.45, 2.75) is 33.6 Å². The Kier molecular flexibility index (Phi) is 6.66. The summed E-state index contributed by atoms with van der Waals surface area (Å²) in [7, 11) is 0. The van der Waals surface area contributed by atoms with Gasteiger partial charge in [0, 0.05) is 16.6 Å². The molecule has 7 nitrogen and oxygen atoms in total. The number of hydrogen-bond donors (Lipinski definition) is 3. The number of carboxylic acids is 1. The number of carbonyl (C=O) groups is 1. The van der Waals surface area contributed by atoms with Gasteiger partial charge in [-0.3, -0.25) is 4.57 Å². The van der Waals surface area contributed by atoms with Crippen molar-refractivity contribution in [2.75, 3.05) is 0 Å². The highest BCUT2D eigenvalue weighted by Gasteiger charge is 2.20. The molecule has 1 heterocycles. The van der Waals surface area contributed by atoms with Crippen LogP contribution in [0.2, 0.25) is 0 Å². The maximum atomic E-state index is 11.4. The highest BCUT2D eigenvalue weighted by atomic mass is 16.4. The van der Waals surface area contributed by atoms with Crippen LogP contribution in [-0.2, 0) is 0 Å². The van der Waals surface area contributed by atoms with E-state index in [1.807, 2.05) is 44.2 Å². The largest absolute Gasteiger partial charge is 0.505 e. The summed E-state index contributed by atoms with van der Waals surface area (Å²) < 4.78 is 1.77. The van der Waals surface area contributed by atoms with E-state index in [9.17, 15) is 20.1 Å². The van der Waals surface area contributed by atoms with E-state index in [2.05, 4.69) is 30.1 Å². The first-order chi connectivity index (χ1) is 18.7. The zero-order valence-electron chi connectivity index (χ0n) is 22.2. The summed E-state index contributed by atoms with van der Waals surface area (Å²) in [6.07, 6.45) is 0. The summed E-state index contributed by atoms with van der Waals surface area (Å²) in [5, 5.41) is 41.2. The van der Waals surface area contributed by atoms with Crippen LogP contribution < -0.4 is 0 Å². The Balaban J connectivity index is 1.64. The predicted molar refractivity (Wildman–Crippen MR) is 153 cm³/mol. The molecule has 0 aliphatic rings. The van der Waals surface area contributed by atoms with Crippen molar-refractivity contribution in [3.8, 4) is 28.4 Å². The molecule has 0 atom stereocenters. The van der Waals surface area contributed by atoms with Gasteiger partial charge >= 0.3 is 5.97 Å². The lowest BCUT2D eigenvalue weighted by atomic mass is 10.0. The normalized spacial score (nSPS) is 11.6. The van der Waals surface area contributed by atoms with Crippen molar-refractivity contribution in [2.24, 2.45) is 10.2 Å². The third-order valence-electron chi connectivity index (χ3n) is 7.05. The second-order valence-electron chi connectivity index (χ2n) is 9.97. The van der Waals surface area contributed by atoms with Crippen molar-refractivity contribution in [3.63, 3.8) is 0 Å². The number of azo groups is 1. The van der Waals surface area contributed by atoms with Crippen molar-refractivity contribution in [1.82, 2.24) is 4.57 Å². The number of aromatic hydroxyl groups is 2. The number of benzene rings is 4. The van der Waals surface area contributed by atoms with E-state index in [0.717, 1.165) is 33.3 Å². The van der Waals surface area contributed by atoms with Crippen LogP contribution >= 0.6 is 0 Å². The molecule has 0 unspecified atom stereocenters. The summed E-state index contributed by atoms with van der Waals surface area (Å²) in [5.41, 5.74) is 6.57. The molecule has 0 saturated carbocycles. The fourth-order valence-electron chi connectivity index (χ4n) is 4.63. The topological polar surface area (TPSA) is 107 Å². The molecule has 0 spiro atoms. The van der Waals surface area contributed by atoms with Gasteiger partial charge in [-0.15, -0.1) is 10.2 Å². The minimum atomic E-state index is -1.05. The van der Waals surface area contributed by atoms with Crippen LogP contribution in [0.4, 0.5) is 11.4 Å². The zero-order valence-corrected chi connectivity index (χ0v) is 22.2. The van der Waals surface area contributed by atoms with E-state index < -0.39 is 5.97 Å². The Labute approximate surface area is 226 Å². The number of phenolic OH excluding ortho intramolecular Hbond substituents is 1. The van der Waals surface area contributed by atoms with Crippen LogP contribution in [0.1, 0.15) is 46.8 Å². The standard InChI is InChI=1S/C32H29N3O4/c1-18(2)21-12-14-26-28(17-21)35(24-13-11-19(3)20(4)15-24)31(37)29(26)34-33-27-10-6-9-25(30(27)36)22-7-5-8-23(16-22)32(38)39/h5-18,36-37H,1-4H3,(H,38,39). The summed E-state index contributed by atoms with van der Waals surface area (Å²) in [4.78, 5) is 11.4. The molecule has 0 aliphatic heterocycles. The molecule has 0 radical (unpaired) electrons. The molecule has 4 aromatic carbocycles. The van der Waals surface area contributed by atoms with Crippen molar-refractivity contribution < 1.29 is 20.1 Å². The summed E-state index contributed by atoms with van der Waals surface area (Å²) in [6.45, 7) is 8.31. The maximum absolute atomic E-state index is 11.4. The van der Waals surface area contributed by atoms with E-state index in [0.29, 0.717) is 17.0 Å². The predicted octanol–water partition coefficient (Wildman–Crippen LogP) is 8.56. The first kappa shape index (κ1) is 25.7. The molecule has 0 bridgehead atoms. The van der Waals surface area contributed by atoms with Crippen LogP contribution in [0.15, 0.2) is 89.1 Å². The van der Waals surface area contributed by atoms with Gasteiger partial charge in [0.2, 0.25) is 5.88 Å². The van der Waals surface area contributed by atoms with Crippen LogP contribution in [0.5, 0.6) is 11.6 Å². The van der Waals surface area contributed by atoms with Crippen molar-refractivity contribution >= 4 is 28.2 Å². The van der Waals surface area contributed by atoms with Crippen molar-refractivity contribution in [1.29, 1.82) is 0 Å². The van der Waals surface area contributed by atoms with Gasteiger partial charge < -0.3 is 15.3 Å². The third kappa shape index (κ3) is 4.75. The Bertz CT molecular complexity index is 1770. The summed E-state index contributed by atoms with van der Waals surface area (Å²) in [6, 6.07) is 23.4. The number of hydrogen-bond acceptors (Lipinski definition) is 5. The van der Waals surface area contributed by atoms with Gasteiger partial charge in [-0.1, -0.05) is 56.3 Å². The zero-order chi connectivity index (χ0) is 27.8. The first-order valence-corrected chi connectivity index (χ1v) is 12.7. The molecule has 3 N–H and O–H groups in total. The Morgan fingerprint density at radius 1 is 0.846 bits per heavy atom. The second-order valence-corrected chi connectivity index (χ2v) is 9.97. The number of phenols is 1. The van der Waals surface area contributed by atoms with Gasteiger partial charge in [-0.05, 0) is 78.4 Å². The number of nitrogens with zero attached hydrogens (tertiary/aromatic N) is 3. The fourth-order valence-corrected chi connectivity index (χ4v) is 4.63. The number of rotatable bonds is 6. The number of carboxylic acid groups (broad SMARTS) is 1. The molecule has 196 valence electrons. The lowest BCUT2D eigenvalue weighted by Gasteiger charge is -2.11. The molecule has 0 aliphatic carbocycles. The Morgan fingerprint density at radius 2 is 1.62 bits per heavy atom. The maximum Gasteiger partial charge on any atom is 0.335 e. The van der Waals surface area contributed by atoms with Crippen LogP contribution in [-0.4, -0.2) is 25.9 Å². The molecule has 7 heteroatoms. The minimum absolute atomic E-state index is 0.0530. The number of aryl methyl sites for hydroxylation is 2. The third-order valence-corrected chi connectivity index (χ3v) is 7.05. The number of aromatic nitrogens is 1. The Morgan fingerprint density at radius 3 is 2.33 bits per heavy atom. The lowest BCUT2D eigenvalue weighted by Crippen LogP contribution is -1.96.